The maximum Gasteiger partial charge on any atom is 0.0672 e. The van der Waals surface area contributed by atoms with Crippen molar-refractivity contribution >= 4 is 33.6 Å². The topological polar surface area (TPSA) is 24.7 Å². The summed E-state index contributed by atoms with van der Waals surface area (Å²) < 4.78 is 0. The molecule has 2 heterocycles. The highest BCUT2D eigenvalue weighted by atomic mass is 14.8. The maximum atomic E-state index is 5.48. The smallest absolute Gasteiger partial charge is 0.0672 e. The molecule has 2 aliphatic heterocycles. The van der Waals surface area contributed by atoms with Gasteiger partial charge in [0, 0.05) is 17.2 Å². The van der Waals surface area contributed by atoms with Crippen LogP contribution in [0.2, 0.25) is 0 Å². The summed E-state index contributed by atoms with van der Waals surface area (Å²) in [5.41, 5.74) is 16.7. The summed E-state index contributed by atoms with van der Waals surface area (Å²) in [6, 6.07) is 72.3. The van der Waals surface area contributed by atoms with E-state index in [1.807, 2.05) is 0 Å². The molecule has 2 unspecified atom stereocenters. The lowest BCUT2D eigenvalue weighted by molar-refractivity contribution is 0.744. The van der Waals surface area contributed by atoms with Gasteiger partial charge in [-0.3, -0.25) is 9.98 Å². The highest BCUT2D eigenvalue weighted by Crippen LogP contribution is 2.41. The molecule has 10 rings (SSSR count). The molecule has 0 aromatic heterocycles. The van der Waals surface area contributed by atoms with Gasteiger partial charge in [-0.25, -0.2) is 0 Å². The molecule has 0 bridgehead atoms. The Morgan fingerprint density at radius 2 is 1.00 bits per heavy atom. The molecule has 2 nitrogen and oxygen atoms in total. The van der Waals surface area contributed by atoms with E-state index < -0.39 is 0 Å². The first-order chi connectivity index (χ1) is 28.3. The zero-order valence-corrected chi connectivity index (χ0v) is 31.8. The molecule has 8 aromatic rings. The van der Waals surface area contributed by atoms with Gasteiger partial charge in [0.15, 0.2) is 0 Å². The van der Waals surface area contributed by atoms with Crippen LogP contribution in [0.5, 0.6) is 0 Å². The van der Waals surface area contributed by atoms with E-state index in [1.54, 1.807) is 0 Å². The number of hydrogen-bond acceptors (Lipinski definition) is 2. The summed E-state index contributed by atoms with van der Waals surface area (Å²) in [4.78, 5) is 10.7. The van der Waals surface area contributed by atoms with Crippen LogP contribution >= 0.6 is 0 Å². The minimum Gasteiger partial charge on any atom is -0.253 e. The Labute approximate surface area is 335 Å². The Kier molecular flexibility index (Phi) is 9.30. The van der Waals surface area contributed by atoms with Crippen LogP contribution in [0.25, 0.3) is 38.7 Å². The van der Waals surface area contributed by atoms with E-state index >= 15 is 0 Å². The number of fused-ring (bicyclic) bond motifs is 2. The van der Waals surface area contributed by atoms with E-state index in [2.05, 4.69) is 206 Å². The van der Waals surface area contributed by atoms with Gasteiger partial charge in [0.05, 0.1) is 17.1 Å². The van der Waals surface area contributed by atoms with E-state index in [4.69, 9.17) is 9.98 Å². The van der Waals surface area contributed by atoms with Crippen molar-refractivity contribution in [3.63, 3.8) is 0 Å². The molecular formula is C55H42N2. The number of para-hydroxylation sites is 1. The second-order valence-electron chi connectivity index (χ2n) is 15.2. The summed E-state index contributed by atoms with van der Waals surface area (Å²) in [7, 11) is 0. The van der Waals surface area contributed by atoms with Gasteiger partial charge in [0.25, 0.3) is 0 Å². The van der Waals surface area contributed by atoms with Crippen molar-refractivity contribution < 1.29 is 0 Å². The van der Waals surface area contributed by atoms with Crippen LogP contribution in [0.15, 0.2) is 216 Å². The molecule has 0 fully saturated rings. The van der Waals surface area contributed by atoms with Crippen molar-refractivity contribution in [3.05, 3.63) is 240 Å². The average Bonchev–Trinajstić information content (AvgIpc) is 3.53. The first-order valence-corrected chi connectivity index (χ1v) is 20.1. The second kappa shape index (κ2) is 15.3. The Balaban J connectivity index is 1.02. The van der Waals surface area contributed by atoms with Gasteiger partial charge in [0.1, 0.15) is 0 Å². The van der Waals surface area contributed by atoms with Crippen molar-refractivity contribution in [2.24, 2.45) is 9.98 Å². The minimum atomic E-state index is 0.206. The quantitative estimate of drug-likeness (QED) is 0.156. The van der Waals surface area contributed by atoms with Crippen LogP contribution in [0.3, 0.4) is 0 Å². The number of benzene rings is 8. The van der Waals surface area contributed by atoms with Crippen LogP contribution in [-0.2, 0) is 6.42 Å². The highest BCUT2D eigenvalue weighted by Gasteiger charge is 2.27. The van der Waals surface area contributed by atoms with Gasteiger partial charge < -0.3 is 0 Å². The SMILES string of the molecule is C1=C(c2ccccc2-c2ccccc2)N=C(c2ccccc2)CC(c2ccc(-c3ccc(C4=Nc5ccccc5CC4c4ccccc4)cc3)c3ccccc23)C1. The van der Waals surface area contributed by atoms with E-state index in [0.717, 1.165) is 42.1 Å². The summed E-state index contributed by atoms with van der Waals surface area (Å²) in [5.74, 6) is 0.464. The molecule has 0 aliphatic carbocycles. The van der Waals surface area contributed by atoms with E-state index in [-0.39, 0.29) is 11.8 Å². The van der Waals surface area contributed by atoms with Crippen molar-refractivity contribution in [2.45, 2.75) is 31.1 Å². The van der Waals surface area contributed by atoms with Gasteiger partial charge in [-0.2, -0.15) is 0 Å². The van der Waals surface area contributed by atoms with Gasteiger partial charge in [-0.15, -0.1) is 0 Å². The van der Waals surface area contributed by atoms with Crippen molar-refractivity contribution in [1.29, 1.82) is 0 Å². The molecule has 2 atom stereocenters. The molecule has 0 saturated heterocycles. The van der Waals surface area contributed by atoms with Gasteiger partial charge in [-0.1, -0.05) is 200 Å². The third-order valence-electron chi connectivity index (χ3n) is 11.8. The largest absolute Gasteiger partial charge is 0.253 e. The number of nitrogens with zero attached hydrogens (tertiary/aromatic N) is 2. The van der Waals surface area contributed by atoms with Gasteiger partial charge >= 0.3 is 0 Å². The third kappa shape index (κ3) is 6.85. The van der Waals surface area contributed by atoms with Crippen molar-refractivity contribution in [3.8, 4) is 22.3 Å². The Bertz CT molecular complexity index is 2800. The summed E-state index contributed by atoms with van der Waals surface area (Å²) in [6.45, 7) is 0. The van der Waals surface area contributed by atoms with Crippen LogP contribution in [0, 0.1) is 0 Å². The number of aliphatic imine (C=N–C) groups is 2. The summed E-state index contributed by atoms with van der Waals surface area (Å²) in [6.07, 6.45) is 5.06. The van der Waals surface area contributed by atoms with Gasteiger partial charge in [0.2, 0.25) is 0 Å². The first kappa shape index (κ1) is 34.6. The second-order valence-corrected chi connectivity index (χ2v) is 15.2. The number of hydrogen-bond donors (Lipinski definition) is 0. The third-order valence-corrected chi connectivity index (χ3v) is 11.8. The van der Waals surface area contributed by atoms with Gasteiger partial charge in [-0.05, 0) is 92.1 Å². The number of rotatable bonds is 7. The molecule has 0 spiro atoms. The van der Waals surface area contributed by atoms with Crippen LogP contribution in [0.1, 0.15) is 58.1 Å². The van der Waals surface area contributed by atoms with Crippen LogP contribution in [-0.4, -0.2) is 11.4 Å². The molecule has 2 aliphatic rings. The molecule has 0 N–H and O–H groups in total. The fraction of sp³-hybridized carbons (Fsp3) is 0.0909. The molecule has 0 saturated carbocycles. The molecule has 272 valence electrons. The normalized spacial score (nSPS) is 16.5. The maximum absolute atomic E-state index is 5.48. The highest BCUT2D eigenvalue weighted by molar-refractivity contribution is 6.09. The molecule has 57 heavy (non-hydrogen) atoms. The van der Waals surface area contributed by atoms with Crippen molar-refractivity contribution in [2.75, 3.05) is 0 Å². The Hall–Kier alpha value is -6.90. The average molecular weight is 731 g/mol. The van der Waals surface area contributed by atoms with Crippen LogP contribution in [0.4, 0.5) is 5.69 Å². The Morgan fingerprint density at radius 1 is 0.404 bits per heavy atom. The molecular weight excluding hydrogens is 689 g/mol. The predicted molar refractivity (Wildman–Crippen MR) is 240 cm³/mol. The van der Waals surface area contributed by atoms with E-state index in [9.17, 15) is 0 Å². The zero-order chi connectivity index (χ0) is 38.0. The standard InChI is InChI=1S/C55H42N2/c1-4-16-38(17-5-1)45-23-11-14-26-50(45)53-35-32-43(37-54(56-53)41-20-8-3-9-21-41)47-34-33-46(48-24-12-13-25-49(47)48)40-28-30-42(31-29-40)55-51(39-18-6-2-7-19-39)36-44-22-10-15-27-52(44)57-55/h1-31,33-35,43,51H,32,36-37H2. The predicted octanol–water partition coefficient (Wildman–Crippen LogP) is 14.0. The first-order valence-electron chi connectivity index (χ1n) is 20.1. The lowest BCUT2D eigenvalue weighted by atomic mass is 9.82. The molecule has 2 heteroatoms. The molecule has 8 aromatic carbocycles. The fourth-order valence-corrected chi connectivity index (χ4v) is 8.90. The summed E-state index contributed by atoms with van der Waals surface area (Å²) in [5, 5.41) is 2.57. The lowest BCUT2D eigenvalue weighted by Gasteiger charge is -2.26. The van der Waals surface area contributed by atoms with Crippen LogP contribution < -0.4 is 0 Å². The van der Waals surface area contributed by atoms with E-state index in [0.29, 0.717) is 0 Å². The lowest BCUT2D eigenvalue weighted by Crippen LogP contribution is -2.20. The van der Waals surface area contributed by atoms with E-state index in [1.165, 1.54) is 66.4 Å². The molecule has 0 radical (unpaired) electrons. The Morgan fingerprint density at radius 3 is 1.77 bits per heavy atom. The summed E-state index contributed by atoms with van der Waals surface area (Å²) >= 11 is 0. The fourth-order valence-electron chi connectivity index (χ4n) is 8.90. The number of allylic oxidation sites excluding steroid dienone is 1. The monoisotopic (exact) mass is 730 g/mol. The molecule has 0 amide bonds. The minimum absolute atomic E-state index is 0.206. The zero-order valence-electron chi connectivity index (χ0n) is 31.8. The van der Waals surface area contributed by atoms with Crippen molar-refractivity contribution in [1.82, 2.24) is 0 Å².